The number of piperazine rings is 1. The first kappa shape index (κ1) is 14.5. The van der Waals surface area contributed by atoms with Crippen molar-refractivity contribution in [2.24, 2.45) is 5.84 Å². The molecule has 0 amide bonds. The van der Waals surface area contributed by atoms with Crippen molar-refractivity contribution < 1.29 is 0 Å². The zero-order valence-electron chi connectivity index (χ0n) is 12.3. The van der Waals surface area contributed by atoms with Gasteiger partial charge in [0.15, 0.2) is 0 Å². The van der Waals surface area contributed by atoms with Crippen molar-refractivity contribution in [3.63, 3.8) is 0 Å². The van der Waals surface area contributed by atoms with Gasteiger partial charge in [0.2, 0.25) is 0 Å². The molecule has 0 radical (unpaired) electrons. The van der Waals surface area contributed by atoms with E-state index in [1.807, 2.05) is 0 Å². The summed E-state index contributed by atoms with van der Waals surface area (Å²) < 4.78 is 0. The summed E-state index contributed by atoms with van der Waals surface area (Å²) >= 11 is 0. The molecule has 0 aromatic heterocycles. The molecule has 1 aliphatic rings. The van der Waals surface area contributed by atoms with Crippen molar-refractivity contribution >= 4 is 0 Å². The summed E-state index contributed by atoms with van der Waals surface area (Å²) in [5.41, 5.74) is 5.67. The number of nitrogens with zero attached hydrogens (tertiary/aromatic N) is 2. The van der Waals surface area contributed by atoms with Gasteiger partial charge in [0.05, 0.1) is 6.04 Å². The van der Waals surface area contributed by atoms with Crippen molar-refractivity contribution in [2.75, 3.05) is 33.7 Å². The van der Waals surface area contributed by atoms with Gasteiger partial charge < -0.3 is 4.90 Å². The van der Waals surface area contributed by atoms with Gasteiger partial charge in [0.1, 0.15) is 0 Å². The van der Waals surface area contributed by atoms with E-state index in [1.165, 1.54) is 11.1 Å². The average molecular weight is 262 g/mol. The monoisotopic (exact) mass is 262 g/mol. The van der Waals surface area contributed by atoms with E-state index in [0.29, 0.717) is 6.04 Å². The van der Waals surface area contributed by atoms with Crippen LogP contribution in [0.15, 0.2) is 24.3 Å². The van der Waals surface area contributed by atoms with Gasteiger partial charge in [-0.2, -0.15) is 0 Å². The summed E-state index contributed by atoms with van der Waals surface area (Å²) in [7, 11) is 4.36. The van der Waals surface area contributed by atoms with Gasteiger partial charge in [-0.25, -0.2) is 0 Å². The smallest absolute Gasteiger partial charge is 0.0627 e. The van der Waals surface area contributed by atoms with E-state index in [-0.39, 0.29) is 6.04 Å². The highest BCUT2D eigenvalue weighted by molar-refractivity contribution is 5.27. The Kier molecular flexibility index (Phi) is 4.93. The van der Waals surface area contributed by atoms with Crippen LogP contribution < -0.4 is 11.3 Å². The molecule has 1 aliphatic heterocycles. The normalized spacial score (nSPS) is 23.5. The quantitative estimate of drug-likeness (QED) is 0.628. The minimum atomic E-state index is 0.180. The largest absolute Gasteiger partial charge is 0.303 e. The molecule has 0 saturated carbocycles. The molecule has 19 heavy (non-hydrogen) atoms. The number of hydrazine groups is 1. The number of hydrogen-bond donors (Lipinski definition) is 2. The Hall–Kier alpha value is -0.940. The molecule has 1 heterocycles. The Morgan fingerprint density at radius 1 is 1.37 bits per heavy atom. The first-order valence-corrected chi connectivity index (χ1v) is 7.09. The van der Waals surface area contributed by atoms with Crippen molar-refractivity contribution in [1.29, 1.82) is 0 Å². The predicted octanol–water partition coefficient (Wildman–Crippen LogP) is 0.999. The predicted molar refractivity (Wildman–Crippen MR) is 79.8 cm³/mol. The second-order valence-electron chi connectivity index (χ2n) is 5.55. The van der Waals surface area contributed by atoms with Crippen molar-refractivity contribution in [3.8, 4) is 0 Å². The molecule has 1 aromatic carbocycles. The summed E-state index contributed by atoms with van der Waals surface area (Å²) in [4.78, 5) is 4.78. The molecule has 0 aliphatic carbocycles. The van der Waals surface area contributed by atoms with Crippen LogP contribution in [0.1, 0.15) is 24.1 Å². The zero-order valence-corrected chi connectivity index (χ0v) is 12.3. The van der Waals surface area contributed by atoms with Crippen LogP contribution in [0.5, 0.6) is 0 Å². The first-order valence-electron chi connectivity index (χ1n) is 7.09. The topological polar surface area (TPSA) is 44.5 Å². The highest BCUT2D eigenvalue weighted by atomic mass is 15.3. The molecule has 1 saturated heterocycles. The summed E-state index contributed by atoms with van der Waals surface area (Å²) in [5, 5.41) is 0. The Balaban J connectivity index is 2.22. The lowest BCUT2D eigenvalue weighted by molar-refractivity contribution is 0.0876. The van der Waals surface area contributed by atoms with Crippen LogP contribution in [0.2, 0.25) is 0 Å². The van der Waals surface area contributed by atoms with E-state index in [2.05, 4.69) is 60.5 Å². The van der Waals surface area contributed by atoms with Crippen molar-refractivity contribution in [1.82, 2.24) is 15.2 Å². The summed E-state index contributed by atoms with van der Waals surface area (Å²) in [6, 6.07) is 9.34. The fourth-order valence-electron chi connectivity index (χ4n) is 2.84. The number of nitrogens with two attached hydrogens (primary N) is 1. The van der Waals surface area contributed by atoms with E-state index >= 15 is 0 Å². The summed E-state index contributed by atoms with van der Waals surface area (Å²) in [5.74, 6) is 5.84. The lowest BCUT2D eigenvalue weighted by atomic mass is 9.95. The lowest BCUT2D eigenvalue weighted by Crippen LogP contribution is -2.56. The minimum absolute atomic E-state index is 0.180. The van der Waals surface area contributed by atoms with Gasteiger partial charge in [0, 0.05) is 25.7 Å². The third-order valence-electron chi connectivity index (χ3n) is 4.18. The van der Waals surface area contributed by atoms with E-state index in [9.17, 15) is 0 Å². The molecule has 4 heteroatoms. The minimum Gasteiger partial charge on any atom is -0.303 e. The third-order valence-corrected chi connectivity index (χ3v) is 4.18. The van der Waals surface area contributed by atoms with E-state index in [0.717, 1.165) is 26.1 Å². The van der Waals surface area contributed by atoms with E-state index in [1.54, 1.807) is 0 Å². The van der Waals surface area contributed by atoms with Gasteiger partial charge in [-0.3, -0.25) is 16.2 Å². The van der Waals surface area contributed by atoms with Crippen LogP contribution in [0, 0.1) is 0 Å². The van der Waals surface area contributed by atoms with Gasteiger partial charge in [0.25, 0.3) is 0 Å². The van der Waals surface area contributed by atoms with Gasteiger partial charge in [-0.05, 0) is 31.6 Å². The Morgan fingerprint density at radius 2 is 2.16 bits per heavy atom. The molecule has 106 valence electrons. The number of nitrogens with one attached hydrogen (secondary N) is 1. The maximum absolute atomic E-state index is 5.84. The molecule has 1 aromatic rings. The van der Waals surface area contributed by atoms with Crippen LogP contribution in [-0.2, 0) is 6.42 Å². The molecule has 2 rings (SSSR count). The molecule has 3 N–H and O–H groups in total. The zero-order chi connectivity index (χ0) is 13.8. The molecular formula is C15H26N4. The van der Waals surface area contributed by atoms with Crippen LogP contribution in [-0.4, -0.2) is 49.6 Å². The Morgan fingerprint density at radius 3 is 2.84 bits per heavy atom. The fraction of sp³-hybridized carbons (Fsp3) is 0.600. The Bertz CT molecular complexity index is 407. The molecule has 0 spiro atoms. The maximum atomic E-state index is 5.84. The number of likely N-dealkylation sites (N-methyl/N-ethyl adjacent to an activating group) is 2. The fourth-order valence-corrected chi connectivity index (χ4v) is 2.84. The van der Waals surface area contributed by atoms with Gasteiger partial charge >= 0.3 is 0 Å². The summed E-state index contributed by atoms with van der Waals surface area (Å²) in [6.07, 6.45) is 1.06. The van der Waals surface area contributed by atoms with Crippen LogP contribution >= 0.6 is 0 Å². The van der Waals surface area contributed by atoms with Crippen LogP contribution in [0.25, 0.3) is 0 Å². The standard InChI is InChI=1S/C15H26N4/c1-4-12-6-5-7-13(10-12)15(17-16)14-11-18(2)8-9-19(14)3/h5-7,10,14-15,17H,4,8-9,11,16H2,1-3H3. The van der Waals surface area contributed by atoms with Crippen molar-refractivity contribution in [3.05, 3.63) is 35.4 Å². The number of benzene rings is 1. The van der Waals surface area contributed by atoms with Crippen LogP contribution in [0.3, 0.4) is 0 Å². The second-order valence-corrected chi connectivity index (χ2v) is 5.55. The Labute approximate surface area is 116 Å². The van der Waals surface area contributed by atoms with Gasteiger partial charge in [-0.1, -0.05) is 31.2 Å². The van der Waals surface area contributed by atoms with Crippen LogP contribution in [0.4, 0.5) is 0 Å². The highest BCUT2D eigenvalue weighted by Crippen LogP contribution is 2.23. The summed E-state index contributed by atoms with van der Waals surface area (Å²) in [6.45, 7) is 5.44. The second kappa shape index (κ2) is 6.48. The lowest BCUT2D eigenvalue weighted by Gasteiger charge is -2.41. The average Bonchev–Trinajstić information content (AvgIpc) is 2.44. The third kappa shape index (κ3) is 3.34. The molecule has 4 nitrogen and oxygen atoms in total. The van der Waals surface area contributed by atoms with E-state index < -0.39 is 0 Å². The van der Waals surface area contributed by atoms with Gasteiger partial charge in [-0.15, -0.1) is 0 Å². The molecule has 0 bridgehead atoms. The molecule has 1 fully saturated rings. The molecule has 2 atom stereocenters. The SMILES string of the molecule is CCc1cccc(C(NN)C2CN(C)CCN2C)c1. The molecular weight excluding hydrogens is 236 g/mol. The van der Waals surface area contributed by atoms with E-state index in [4.69, 9.17) is 5.84 Å². The number of hydrogen-bond acceptors (Lipinski definition) is 4. The number of rotatable bonds is 4. The highest BCUT2D eigenvalue weighted by Gasteiger charge is 2.30. The molecule has 2 unspecified atom stereocenters. The first-order chi connectivity index (χ1) is 9.15. The maximum Gasteiger partial charge on any atom is 0.0627 e. The van der Waals surface area contributed by atoms with Crippen molar-refractivity contribution in [2.45, 2.75) is 25.4 Å². The number of aryl methyl sites for hydroxylation is 1.